The van der Waals surface area contributed by atoms with E-state index < -0.39 is 5.60 Å². The minimum Gasteiger partial charge on any atom is -0.389 e. The van der Waals surface area contributed by atoms with Gasteiger partial charge in [0.1, 0.15) is 0 Å². The van der Waals surface area contributed by atoms with Gasteiger partial charge >= 0.3 is 0 Å². The van der Waals surface area contributed by atoms with Crippen LogP contribution in [0.15, 0.2) is 0 Å². The van der Waals surface area contributed by atoms with Gasteiger partial charge in [0.2, 0.25) is 0 Å². The lowest BCUT2D eigenvalue weighted by atomic mass is 9.74. The van der Waals surface area contributed by atoms with Crippen LogP contribution in [-0.4, -0.2) is 41.8 Å². The van der Waals surface area contributed by atoms with Crippen LogP contribution in [0.1, 0.15) is 52.9 Å². The van der Waals surface area contributed by atoms with E-state index in [2.05, 4.69) is 18.7 Å². The fraction of sp³-hybridized carbons (Fsp3) is 1.00. The molecule has 1 aliphatic heterocycles. The highest BCUT2D eigenvalue weighted by Crippen LogP contribution is 2.37. The Kier molecular flexibility index (Phi) is 5.42. The number of piperidine rings is 1. The zero-order chi connectivity index (χ0) is 12.9. The quantitative estimate of drug-likeness (QED) is 0.749. The fourth-order valence-electron chi connectivity index (χ4n) is 2.71. The second kappa shape index (κ2) is 6.17. The van der Waals surface area contributed by atoms with Gasteiger partial charge in [0.05, 0.1) is 5.60 Å². The third-order valence-electron chi connectivity index (χ3n) is 4.82. The summed E-state index contributed by atoms with van der Waals surface area (Å²) in [6.45, 7) is 10.2. The summed E-state index contributed by atoms with van der Waals surface area (Å²) in [6.07, 6.45) is 6.01. The fourth-order valence-corrected chi connectivity index (χ4v) is 2.71. The number of hydrogen-bond acceptors (Lipinski definition) is 3. The first-order valence-electron chi connectivity index (χ1n) is 7.12. The highest BCUT2D eigenvalue weighted by molar-refractivity contribution is 4.85. The summed E-state index contributed by atoms with van der Waals surface area (Å²) >= 11 is 0. The lowest BCUT2D eigenvalue weighted by molar-refractivity contribution is 0.0329. The van der Waals surface area contributed by atoms with Crippen LogP contribution in [0, 0.1) is 5.41 Å². The molecular weight excluding hydrogens is 212 g/mol. The van der Waals surface area contributed by atoms with Gasteiger partial charge < -0.3 is 15.7 Å². The van der Waals surface area contributed by atoms with E-state index in [1.165, 1.54) is 38.8 Å². The molecule has 1 saturated heterocycles. The Morgan fingerprint density at radius 2 is 1.76 bits per heavy atom. The average molecular weight is 242 g/mol. The Hall–Kier alpha value is -0.120. The number of nitrogens with two attached hydrogens (primary N) is 1. The Morgan fingerprint density at radius 1 is 1.24 bits per heavy atom. The zero-order valence-corrected chi connectivity index (χ0v) is 11.8. The van der Waals surface area contributed by atoms with Crippen molar-refractivity contribution in [1.82, 2.24) is 4.90 Å². The van der Waals surface area contributed by atoms with Gasteiger partial charge in [0, 0.05) is 13.1 Å². The molecule has 17 heavy (non-hydrogen) atoms. The van der Waals surface area contributed by atoms with E-state index >= 15 is 0 Å². The molecule has 0 bridgehead atoms. The molecule has 3 nitrogen and oxygen atoms in total. The molecule has 1 rings (SSSR count). The number of likely N-dealkylation sites (tertiary alicyclic amines) is 1. The van der Waals surface area contributed by atoms with Crippen molar-refractivity contribution >= 4 is 0 Å². The van der Waals surface area contributed by atoms with Gasteiger partial charge in [-0.25, -0.2) is 0 Å². The maximum atomic E-state index is 9.90. The molecule has 1 heterocycles. The highest BCUT2D eigenvalue weighted by Gasteiger charge is 2.31. The summed E-state index contributed by atoms with van der Waals surface area (Å²) in [5, 5.41) is 9.90. The summed E-state index contributed by atoms with van der Waals surface area (Å²) in [5.41, 5.74) is 5.44. The third-order valence-corrected chi connectivity index (χ3v) is 4.82. The Bertz CT molecular complexity index is 214. The smallest absolute Gasteiger partial charge is 0.0753 e. The standard InChI is InChI=1S/C14H30N2O/c1-4-14(5-2)7-10-16(11-8-14)9-6-13(3,17)12-15/h17H,4-12,15H2,1-3H3. The van der Waals surface area contributed by atoms with E-state index in [0.717, 1.165) is 13.0 Å². The van der Waals surface area contributed by atoms with Gasteiger partial charge in [-0.1, -0.05) is 26.7 Å². The summed E-state index contributed by atoms with van der Waals surface area (Å²) in [7, 11) is 0. The van der Waals surface area contributed by atoms with Gasteiger partial charge in [0.15, 0.2) is 0 Å². The van der Waals surface area contributed by atoms with Crippen LogP contribution < -0.4 is 5.73 Å². The molecule has 0 aromatic rings. The monoisotopic (exact) mass is 242 g/mol. The maximum Gasteiger partial charge on any atom is 0.0753 e. The largest absolute Gasteiger partial charge is 0.389 e. The molecule has 0 aromatic heterocycles. The van der Waals surface area contributed by atoms with Gasteiger partial charge in [0.25, 0.3) is 0 Å². The summed E-state index contributed by atoms with van der Waals surface area (Å²) in [4.78, 5) is 2.48. The van der Waals surface area contributed by atoms with Crippen LogP contribution in [0.3, 0.4) is 0 Å². The van der Waals surface area contributed by atoms with Crippen LogP contribution in [-0.2, 0) is 0 Å². The first-order chi connectivity index (χ1) is 7.97. The van der Waals surface area contributed by atoms with Crippen molar-refractivity contribution in [3.05, 3.63) is 0 Å². The van der Waals surface area contributed by atoms with Crippen LogP contribution in [0.2, 0.25) is 0 Å². The van der Waals surface area contributed by atoms with E-state index in [1.807, 2.05) is 6.92 Å². The average Bonchev–Trinajstić information content (AvgIpc) is 2.37. The SMILES string of the molecule is CCC1(CC)CCN(CCC(C)(O)CN)CC1. The normalized spacial score (nSPS) is 24.5. The van der Waals surface area contributed by atoms with Crippen molar-refractivity contribution in [3.8, 4) is 0 Å². The molecule has 1 fully saturated rings. The van der Waals surface area contributed by atoms with E-state index in [4.69, 9.17) is 5.73 Å². The topological polar surface area (TPSA) is 49.5 Å². The van der Waals surface area contributed by atoms with E-state index in [-0.39, 0.29) is 0 Å². The molecule has 1 atom stereocenters. The molecule has 102 valence electrons. The number of hydrogen-bond donors (Lipinski definition) is 2. The molecule has 0 aliphatic carbocycles. The minimum absolute atomic E-state index is 0.356. The Balaban J connectivity index is 2.33. The van der Waals surface area contributed by atoms with E-state index in [9.17, 15) is 5.11 Å². The predicted molar refractivity (Wildman–Crippen MR) is 73.0 cm³/mol. The van der Waals surface area contributed by atoms with Crippen LogP contribution in [0.5, 0.6) is 0 Å². The van der Waals surface area contributed by atoms with Crippen LogP contribution in [0.4, 0.5) is 0 Å². The molecule has 0 radical (unpaired) electrons. The van der Waals surface area contributed by atoms with Gasteiger partial charge in [-0.15, -0.1) is 0 Å². The van der Waals surface area contributed by atoms with Gasteiger partial charge in [-0.3, -0.25) is 0 Å². The lowest BCUT2D eigenvalue weighted by Crippen LogP contribution is -2.43. The molecular formula is C14H30N2O. The molecule has 0 aromatic carbocycles. The Morgan fingerprint density at radius 3 is 2.18 bits per heavy atom. The third kappa shape index (κ3) is 4.23. The molecule has 0 spiro atoms. The first kappa shape index (κ1) is 14.9. The zero-order valence-electron chi connectivity index (χ0n) is 11.8. The van der Waals surface area contributed by atoms with Crippen molar-refractivity contribution in [2.45, 2.75) is 58.5 Å². The summed E-state index contributed by atoms with van der Waals surface area (Å²) in [6, 6.07) is 0. The summed E-state index contributed by atoms with van der Waals surface area (Å²) in [5.74, 6) is 0. The highest BCUT2D eigenvalue weighted by atomic mass is 16.3. The minimum atomic E-state index is -0.690. The van der Waals surface area contributed by atoms with Crippen molar-refractivity contribution in [1.29, 1.82) is 0 Å². The van der Waals surface area contributed by atoms with E-state index in [1.54, 1.807) is 0 Å². The number of nitrogens with zero attached hydrogens (tertiary/aromatic N) is 1. The molecule has 3 N–H and O–H groups in total. The second-order valence-corrected chi connectivity index (χ2v) is 6.00. The van der Waals surface area contributed by atoms with Crippen LogP contribution >= 0.6 is 0 Å². The van der Waals surface area contributed by atoms with E-state index in [0.29, 0.717) is 12.0 Å². The van der Waals surface area contributed by atoms with Crippen molar-refractivity contribution < 1.29 is 5.11 Å². The van der Waals surface area contributed by atoms with Crippen molar-refractivity contribution in [3.63, 3.8) is 0 Å². The maximum absolute atomic E-state index is 9.90. The first-order valence-corrected chi connectivity index (χ1v) is 7.12. The molecule has 1 unspecified atom stereocenters. The number of rotatable bonds is 6. The van der Waals surface area contributed by atoms with Gasteiger partial charge in [-0.05, 0) is 44.7 Å². The van der Waals surface area contributed by atoms with Gasteiger partial charge in [-0.2, -0.15) is 0 Å². The predicted octanol–water partition coefficient (Wildman–Crippen LogP) is 1.99. The molecule has 3 heteroatoms. The molecule has 1 aliphatic rings. The Labute approximate surface area is 106 Å². The summed E-state index contributed by atoms with van der Waals surface area (Å²) < 4.78 is 0. The van der Waals surface area contributed by atoms with Crippen molar-refractivity contribution in [2.75, 3.05) is 26.2 Å². The molecule has 0 amide bonds. The lowest BCUT2D eigenvalue weighted by Gasteiger charge is -2.41. The van der Waals surface area contributed by atoms with Crippen LogP contribution in [0.25, 0.3) is 0 Å². The molecule has 0 saturated carbocycles. The second-order valence-electron chi connectivity index (χ2n) is 6.00. The van der Waals surface area contributed by atoms with Crippen molar-refractivity contribution in [2.24, 2.45) is 11.1 Å². The number of aliphatic hydroxyl groups is 1.